The first-order chi connectivity index (χ1) is 8.89. The summed E-state index contributed by atoms with van der Waals surface area (Å²) in [5.41, 5.74) is -0.813. The van der Waals surface area contributed by atoms with Gasteiger partial charge in [0, 0.05) is 13.1 Å². The summed E-state index contributed by atoms with van der Waals surface area (Å²) in [7, 11) is 0. The molecule has 4 nitrogen and oxygen atoms in total. The van der Waals surface area contributed by atoms with Gasteiger partial charge in [-0.25, -0.2) is 0 Å². The van der Waals surface area contributed by atoms with Crippen LogP contribution in [0.1, 0.15) is 33.6 Å². The van der Waals surface area contributed by atoms with E-state index in [2.05, 4.69) is 16.3 Å². The van der Waals surface area contributed by atoms with Crippen molar-refractivity contribution >= 4 is 34.2 Å². The van der Waals surface area contributed by atoms with Crippen molar-refractivity contribution in [2.45, 2.75) is 39.2 Å². The van der Waals surface area contributed by atoms with Crippen LogP contribution in [0.3, 0.4) is 0 Å². The molecule has 0 aliphatic carbocycles. The summed E-state index contributed by atoms with van der Waals surface area (Å²) in [6.45, 7) is 7.58. The molecule has 0 unspecified atom stereocenters. The van der Waals surface area contributed by atoms with E-state index in [-0.39, 0.29) is 17.6 Å². The van der Waals surface area contributed by atoms with Gasteiger partial charge in [0.1, 0.15) is 9.86 Å². The Morgan fingerprint density at radius 1 is 1.53 bits per heavy atom. The Kier molecular flexibility index (Phi) is 6.08. The number of hydrogen-bond acceptors (Lipinski definition) is 4. The Morgan fingerprint density at radius 3 is 2.58 bits per heavy atom. The molecule has 0 spiro atoms. The molecule has 1 rings (SSSR count). The van der Waals surface area contributed by atoms with E-state index in [0.717, 1.165) is 17.4 Å². The number of rotatable bonds is 4. The lowest BCUT2D eigenvalue weighted by Crippen LogP contribution is -2.49. The molecule has 1 fully saturated rings. The highest BCUT2D eigenvalue weighted by atomic mass is 32.2. The zero-order chi connectivity index (χ0) is 14.5. The molecule has 106 valence electrons. The molecule has 1 aliphatic heterocycles. The van der Waals surface area contributed by atoms with Gasteiger partial charge in [0.15, 0.2) is 0 Å². The van der Waals surface area contributed by atoms with Gasteiger partial charge in [0.2, 0.25) is 5.91 Å². The Balaban J connectivity index is 2.39. The lowest BCUT2D eigenvalue weighted by atomic mass is 9.90. The van der Waals surface area contributed by atoms with Gasteiger partial charge in [0.25, 0.3) is 0 Å². The van der Waals surface area contributed by atoms with Gasteiger partial charge < -0.3 is 10.2 Å². The monoisotopic (exact) mass is 299 g/mol. The predicted octanol–water partition coefficient (Wildman–Crippen LogP) is 2.15. The van der Waals surface area contributed by atoms with Crippen molar-refractivity contribution in [3.05, 3.63) is 0 Å². The molecule has 0 saturated carbocycles. The normalized spacial score (nSPS) is 17.9. The summed E-state index contributed by atoms with van der Waals surface area (Å²) in [6.07, 6.45) is 2.35. The summed E-state index contributed by atoms with van der Waals surface area (Å²) < 4.78 is 0.788. The molecule has 1 amide bonds. The van der Waals surface area contributed by atoms with Crippen LogP contribution in [0.5, 0.6) is 0 Å². The van der Waals surface area contributed by atoms with Crippen LogP contribution in [0, 0.1) is 17.2 Å². The Morgan fingerprint density at radius 2 is 2.11 bits per heavy atom. The first kappa shape index (κ1) is 16.3. The van der Waals surface area contributed by atoms with E-state index in [1.165, 1.54) is 24.6 Å². The van der Waals surface area contributed by atoms with Gasteiger partial charge >= 0.3 is 0 Å². The Hall–Kier alpha value is -0.800. The summed E-state index contributed by atoms with van der Waals surface area (Å²) >= 11 is 6.68. The number of nitrogens with one attached hydrogen (secondary N) is 1. The van der Waals surface area contributed by atoms with Crippen LogP contribution >= 0.6 is 24.0 Å². The van der Waals surface area contributed by atoms with Gasteiger partial charge in [-0.1, -0.05) is 37.8 Å². The van der Waals surface area contributed by atoms with Crippen molar-refractivity contribution in [2.24, 2.45) is 5.92 Å². The van der Waals surface area contributed by atoms with E-state index in [9.17, 15) is 4.79 Å². The summed E-state index contributed by atoms with van der Waals surface area (Å²) in [5.74, 6) is 0.209. The highest BCUT2D eigenvalue weighted by Crippen LogP contribution is 2.18. The molecule has 1 N–H and O–H groups in total. The highest BCUT2D eigenvalue weighted by molar-refractivity contribution is 8.23. The van der Waals surface area contributed by atoms with Gasteiger partial charge in [-0.2, -0.15) is 5.26 Å². The minimum atomic E-state index is -0.813. The largest absolute Gasteiger partial charge is 0.358 e. The Labute approximate surface area is 124 Å². The number of carbonyl (C=O) groups is 1. The SMILES string of the molecule is CC(C)[C@](C)(C#N)NC(=O)CSC(=S)N1CCCC1. The van der Waals surface area contributed by atoms with Crippen molar-refractivity contribution in [1.29, 1.82) is 5.26 Å². The second-order valence-corrected chi connectivity index (χ2v) is 6.87. The second-order valence-electron chi connectivity index (χ2n) is 5.27. The van der Waals surface area contributed by atoms with Gasteiger partial charge in [-0.15, -0.1) is 0 Å². The van der Waals surface area contributed by atoms with Crippen molar-refractivity contribution in [3.63, 3.8) is 0 Å². The van der Waals surface area contributed by atoms with Crippen molar-refractivity contribution < 1.29 is 4.79 Å². The fourth-order valence-electron chi connectivity index (χ4n) is 1.75. The number of nitriles is 1. The quantitative estimate of drug-likeness (QED) is 0.806. The van der Waals surface area contributed by atoms with Crippen LogP contribution in [0.15, 0.2) is 0 Å². The average molecular weight is 299 g/mol. The van der Waals surface area contributed by atoms with E-state index in [1.807, 2.05) is 13.8 Å². The average Bonchev–Trinajstić information content (AvgIpc) is 2.89. The number of carbonyl (C=O) groups excluding carboxylic acids is 1. The molecule has 1 aliphatic rings. The fraction of sp³-hybridized carbons (Fsp3) is 0.769. The van der Waals surface area contributed by atoms with E-state index in [0.29, 0.717) is 0 Å². The zero-order valence-electron chi connectivity index (χ0n) is 11.7. The number of thiocarbonyl (C=S) groups is 1. The lowest BCUT2D eigenvalue weighted by molar-refractivity contribution is -0.120. The third kappa shape index (κ3) is 4.66. The molecule has 19 heavy (non-hydrogen) atoms. The van der Waals surface area contributed by atoms with E-state index < -0.39 is 5.54 Å². The first-order valence-electron chi connectivity index (χ1n) is 6.53. The molecule has 6 heteroatoms. The third-order valence-electron chi connectivity index (χ3n) is 3.48. The molecule has 0 radical (unpaired) electrons. The standard InChI is InChI=1S/C13H21N3OS2/c1-10(2)13(3,9-14)15-11(17)8-19-12(18)16-6-4-5-7-16/h10H,4-8H2,1-3H3,(H,15,17)/t13-/m0/s1. The van der Waals surface area contributed by atoms with Crippen molar-refractivity contribution in [1.82, 2.24) is 10.2 Å². The second kappa shape index (κ2) is 7.11. The van der Waals surface area contributed by atoms with Gasteiger partial charge in [0.05, 0.1) is 11.8 Å². The number of hydrogen-bond donors (Lipinski definition) is 1. The zero-order valence-corrected chi connectivity index (χ0v) is 13.4. The molecule has 0 aromatic rings. The first-order valence-corrected chi connectivity index (χ1v) is 7.92. The van der Waals surface area contributed by atoms with Crippen LogP contribution in [0.25, 0.3) is 0 Å². The number of amides is 1. The molecule has 0 aromatic carbocycles. The predicted molar refractivity (Wildman–Crippen MR) is 82.9 cm³/mol. The lowest BCUT2D eigenvalue weighted by Gasteiger charge is -2.27. The van der Waals surface area contributed by atoms with E-state index in [4.69, 9.17) is 17.5 Å². The minimum Gasteiger partial charge on any atom is -0.358 e. The number of thioether (sulfide) groups is 1. The van der Waals surface area contributed by atoms with Crippen molar-refractivity contribution in [2.75, 3.05) is 18.8 Å². The maximum atomic E-state index is 11.9. The minimum absolute atomic E-state index is 0.0667. The summed E-state index contributed by atoms with van der Waals surface area (Å²) in [5, 5.41) is 11.9. The van der Waals surface area contributed by atoms with Crippen molar-refractivity contribution in [3.8, 4) is 6.07 Å². The Bertz CT molecular complexity index is 386. The molecule has 1 atom stereocenters. The number of nitrogens with zero attached hydrogens (tertiary/aromatic N) is 2. The molecule has 0 bridgehead atoms. The van der Waals surface area contributed by atoms with E-state index in [1.54, 1.807) is 6.92 Å². The van der Waals surface area contributed by atoms with Crippen LogP contribution < -0.4 is 5.32 Å². The van der Waals surface area contributed by atoms with Crippen LogP contribution in [0.2, 0.25) is 0 Å². The summed E-state index contributed by atoms with van der Waals surface area (Å²) in [6, 6.07) is 2.17. The molecular formula is C13H21N3OS2. The molecular weight excluding hydrogens is 278 g/mol. The van der Waals surface area contributed by atoms with E-state index >= 15 is 0 Å². The third-order valence-corrected chi connectivity index (χ3v) is 5.00. The van der Waals surface area contributed by atoms with Crippen LogP contribution in [-0.4, -0.2) is 39.5 Å². The van der Waals surface area contributed by atoms with Gasteiger partial charge in [-0.05, 0) is 25.7 Å². The maximum Gasteiger partial charge on any atom is 0.231 e. The van der Waals surface area contributed by atoms with Crippen LogP contribution in [0.4, 0.5) is 0 Å². The smallest absolute Gasteiger partial charge is 0.231 e. The van der Waals surface area contributed by atoms with Gasteiger partial charge in [-0.3, -0.25) is 4.79 Å². The maximum absolute atomic E-state index is 11.9. The summed E-state index contributed by atoms with van der Waals surface area (Å²) in [4.78, 5) is 14.0. The molecule has 1 heterocycles. The molecule has 0 aromatic heterocycles. The topological polar surface area (TPSA) is 56.1 Å². The highest BCUT2D eigenvalue weighted by Gasteiger charge is 2.30. The number of likely N-dealkylation sites (tertiary alicyclic amines) is 1. The molecule has 1 saturated heterocycles. The fourth-order valence-corrected chi connectivity index (χ4v) is 2.80. The van der Waals surface area contributed by atoms with Crippen LogP contribution in [-0.2, 0) is 4.79 Å².